The highest BCUT2D eigenvalue weighted by Crippen LogP contribution is 2.23. The molecule has 0 saturated carbocycles. The predicted molar refractivity (Wildman–Crippen MR) is 46.2 cm³/mol. The maximum Gasteiger partial charge on any atom is 0.324 e. The molecule has 86 valence electrons. The third kappa shape index (κ3) is 2.79. The van der Waals surface area contributed by atoms with Crippen molar-refractivity contribution < 1.29 is 17.6 Å². The van der Waals surface area contributed by atoms with Gasteiger partial charge in [-0.15, -0.1) is 5.10 Å². The summed E-state index contributed by atoms with van der Waals surface area (Å²) in [4.78, 5) is 0. The largest absolute Gasteiger partial charge is 0.361 e. The molecule has 0 aliphatic carbocycles. The third-order valence-corrected chi connectivity index (χ3v) is 1.65. The molecular weight excluding hydrogens is 228 g/mol. The average Bonchev–Trinajstić information content (AvgIpc) is 2.26. The minimum atomic E-state index is -4.18. The summed E-state index contributed by atoms with van der Waals surface area (Å²) in [7, 11) is 0. The van der Waals surface area contributed by atoms with Crippen LogP contribution in [0.3, 0.4) is 0 Å². The number of hydrogen-bond acceptors (Lipinski definition) is 4. The molecule has 0 fully saturated rings. The maximum absolute atomic E-state index is 12.5. The van der Waals surface area contributed by atoms with Gasteiger partial charge in [0.1, 0.15) is 6.07 Å². The second-order valence-corrected chi connectivity index (χ2v) is 2.82. The molecule has 0 spiro atoms. The summed E-state index contributed by atoms with van der Waals surface area (Å²) in [6.07, 6.45) is -2.59. The van der Waals surface area contributed by atoms with Gasteiger partial charge in [-0.1, -0.05) is 0 Å². The minimum Gasteiger partial charge on any atom is -0.361 e. The van der Waals surface area contributed by atoms with E-state index in [1.807, 2.05) is 5.32 Å². The van der Waals surface area contributed by atoms with Crippen molar-refractivity contribution in [2.24, 2.45) is 0 Å². The molecule has 0 radical (unpaired) electrons. The Balaban J connectivity index is 2.72. The summed E-state index contributed by atoms with van der Waals surface area (Å²) in [6, 6.07) is 2.90. The molecule has 1 rings (SSSR count). The topological polar surface area (TPSA) is 61.6 Å². The van der Waals surface area contributed by atoms with Gasteiger partial charge in [-0.3, -0.25) is 0 Å². The molecule has 0 amide bonds. The fourth-order valence-corrected chi connectivity index (χ4v) is 0.831. The van der Waals surface area contributed by atoms with Gasteiger partial charge in [0.25, 0.3) is 0 Å². The molecule has 1 N–H and O–H groups in total. The van der Waals surface area contributed by atoms with Gasteiger partial charge in [0, 0.05) is 0 Å². The van der Waals surface area contributed by atoms with E-state index in [2.05, 4.69) is 10.2 Å². The zero-order chi connectivity index (χ0) is 12.2. The minimum absolute atomic E-state index is 0.0416. The molecule has 0 saturated heterocycles. The Labute approximate surface area is 87.9 Å². The molecule has 1 aromatic heterocycles. The first-order valence-electron chi connectivity index (χ1n) is 4.09. The van der Waals surface area contributed by atoms with Crippen molar-refractivity contribution in [1.82, 2.24) is 10.2 Å². The van der Waals surface area contributed by atoms with Crippen LogP contribution in [0.5, 0.6) is 0 Å². The Morgan fingerprint density at radius 1 is 1.50 bits per heavy atom. The van der Waals surface area contributed by atoms with E-state index < -0.39 is 18.9 Å². The molecule has 0 unspecified atom stereocenters. The van der Waals surface area contributed by atoms with Gasteiger partial charge < -0.3 is 5.32 Å². The fourth-order valence-electron chi connectivity index (χ4n) is 0.831. The Morgan fingerprint density at radius 3 is 2.75 bits per heavy atom. The SMILES string of the molecule is N#Cc1ccnnc1NCC(F)(F)C(F)F. The zero-order valence-electron chi connectivity index (χ0n) is 7.79. The third-order valence-electron chi connectivity index (χ3n) is 1.65. The van der Waals surface area contributed by atoms with E-state index in [9.17, 15) is 17.6 Å². The summed E-state index contributed by atoms with van der Waals surface area (Å²) < 4.78 is 48.7. The van der Waals surface area contributed by atoms with Crippen LogP contribution in [0, 0.1) is 11.3 Å². The second-order valence-electron chi connectivity index (χ2n) is 2.82. The first-order valence-corrected chi connectivity index (χ1v) is 4.09. The lowest BCUT2D eigenvalue weighted by Crippen LogP contribution is -2.35. The number of hydrogen-bond donors (Lipinski definition) is 1. The Kier molecular flexibility index (Phi) is 3.60. The van der Waals surface area contributed by atoms with Crippen molar-refractivity contribution in [3.05, 3.63) is 17.8 Å². The smallest absolute Gasteiger partial charge is 0.324 e. The fraction of sp³-hybridized carbons (Fsp3) is 0.375. The number of rotatable bonds is 4. The highest BCUT2D eigenvalue weighted by atomic mass is 19.3. The Bertz CT molecular complexity index is 401. The van der Waals surface area contributed by atoms with Crippen LogP contribution in [0.4, 0.5) is 23.4 Å². The summed E-state index contributed by atoms with van der Waals surface area (Å²) >= 11 is 0. The monoisotopic (exact) mass is 234 g/mol. The lowest BCUT2D eigenvalue weighted by Gasteiger charge is -2.15. The van der Waals surface area contributed by atoms with Crippen molar-refractivity contribution in [2.45, 2.75) is 12.3 Å². The van der Waals surface area contributed by atoms with Gasteiger partial charge in [-0.25, -0.2) is 8.78 Å². The van der Waals surface area contributed by atoms with Gasteiger partial charge >= 0.3 is 12.3 Å². The van der Waals surface area contributed by atoms with Crippen LogP contribution < -0.4 is 5.32 Å². The maximum atomic E-state index is 12.5. The van der Waals surface area contributed by atoms with E-state index in [1.165, 1.54) is 12.3 Å². The number of nitrogens with one attached hydrogen (secondary N) is 1. The molecule has 0 aromatic carbocycles. The first kappa shape index (κ1) is 12.2. The number of anilines is 1. The van der Waals surface area contributed by atoms with Crippen molar-refractivity contribution in [3.8, 4) is 6.07 Å². The van der Waals surface area contributed by atoms with E-state index in [-0.39, 0.29) is 11.4 Å². The molecule has 8 heteroatoms. The number of nitrogens with zero attached hydrogens (tertiary/aromatic N) is 3. The van der Waals surface area contributed by atoms with Gasteiger partial charge in [0.15, 0.2) is 5.82 Å². The van der Waals surface area contributed by atoms with Crippen LogP contribution >= 0.6 is 0 Å². The highest BCUT2D eigenvalue weighted by molar-refractivity contribution is 5.50. The quantitative estimate of drug-likeness (QED) is 0.805. The number of aromatic nitrogens is 2. The highest BCUT2D eigenvalue weighted by Gasteiger charge is 2.40. The molecule has 0 atom stereocenters. The lowest BCUT2D eigenvalue weighted by molar-refractivity contribution is -0.117. The molecular formula is C8H6F4N4. The number of alkyl halides is 4. The van der Waals surface area contributed by atoms with Gasteiger partial charge in [0.2, 0.25) is 0 Å². The van der Waals surface area contributed by atoms with Crippen LogP contribution in [-0.4, -0.2) is 29.1 Å². The standard InChI is InChI=1S/C8H6F4N4/c9-7(10)8(11,12)4-14-6-5(3-13)1-2-15-16-6/h1-2,7H,4H2,(H,14,16). The molecule has 16 heavy (non-hydrogen) atoms. The average molecular weight is 234 g/mol. The van der Waals surface area contributed by atoms with Crippen LogP contribution in [0.1, 0.15) is 5.56 Å². The predicted octanol–water partition coefficient (Wildman–Crippen LogP) is 1.66. The molecule has 0 aliphatic rings. The second kappa shape index (κ2) is 4.74. The lowest BCUT2D eigenvalue weighted by atomic mass is 10.3. The van der Waals surface area contributed by atoms with E-state index in [0.29, 0.717) is 0 Å². The molecule has 0 bridgehead atoms. The Hall–Kier alpha value is -1.91. The summed E-state index contributed by atoms with van der Waals surface area (Å²) in [5, 5.41) is 17.2. The van der Waals surface area contributed by atoms with Crippen molar-refractivity contribution in [3.63, 3.8) is 0 Å². The summed E-state index contributed by atoms with van der Waals surface area (Å²) in [5.41, 5.74) is -0.0416. The first-order chi connectivity index (χ1) is 7.47. The summed E-state index contributed by atoms with van der Waals surface area (Å²) in [6.45, 7) is -1.31. The Morgan fingerprint density at radius 2 is 2.19 bits per heavy atom. The van der Waals surface area contributed by atoms with E-state index in [4.69, 9.17) is 5.26 Å². The molecule has 4 nitrogen and oxygen atoms in total. The normalized spacial score (nSPS) is 11.2. The van der Waals surface area contributed by atoms with E-state index in [1.54, 1.807) is 6.07 Å². The van der Waals surface area contributed by atoms with E-state index >= 15 is 0 Å². The van der Waals surface area contributed by atoms with Gasteiger partial charge in [-0.2, -0.15) is 19.1 Å². The molecule has 0 aliphatic heterocycles. The zero-order valence-corrected chi connectivity index (χ0v) is 7.79. The van der Waals surface area contributed by atoms with Gasteiger partial charge in [-0.05, 0) is 6.07 Å². The van der Waals surface area contributed by atoms with Crippen LogP contribution in [-0.2, 0) is 0 Å². The van der Waals surface area contributed by atoms with Gasteiger partial charge in [0.05, 0.1) is 18.3 Å². The molecule has 1 aromatic rings. The van der Waals surface area contributed by atoms with E-state index in [0.717, 1.165) is 0 Å². The van der Waals surface area contributed by atoms with Crippen LogP contribution in [0.2, 0.25) is 0 Å². The molecule has 1 heterocycles. The van der Waals surface area contributed by atoms with Crippen LogP contribution in [0.15, 0.2) is 12.3 Å². The number of nitriles is 1. The van der Waals surface area contributed by atoms with Crippen molar-refractivity contribution in [2.75, 3.05) is 11.9 Å². The van der Waals surface area contributed by atoms with Crippen molar-refractivity contribution >= 4 is 5.82 Å². The van der Waals surface area contributed by atoms with Crippen LogP contribution in [0.25, 0.3) is 0 Å². The van der Waals surface area contributed by atoms with Crippen molar-refractivity contribution in [1.29, 1.82) is 5.26 Å². The number of halogens is 4. The summed E-state index contributed by atoms with van der Waals surface area (Å²) in [5.74, 6) is -4.42.